The van der Waals surface area contributed by atoms with Crippen molar-refractivity contribution in [2.24, 2.45) is 11.3 Å². The molecule has 2 N–H and O–H groups in total. The van der Waals surface area contributed by atoms with Crippen LogP contribution in [0.1, 0.15) is 45.9 Å². The first kappa shape index (κ1) is 13.6. The molecule has 2 atom stereocenters. The average Bonchev–Trinajstić information content (AvgIpc) is 2.79. The minimum atomic E-state index is 0.511. The molecule has 1 heterocycles. The van der Waals surface area contributed by atoms with Gasteiger partial charge in [0.1, 0.15) is 5.82 Å². The van der Waals surface area contributed by atoms with Gasteiger partial charge in [0.15, 0.2) is 0 Å². The number of nitrogens with one attached hydrogen (secondary N) is 2. The highest BCUT2D eigenvalue weighted by molar-refractivity contribution is 5.74. The molecule has 3 heteroatoms. The van der Waals surface area contributed by atoms with E-state index in [1.807, 2.05) is 12.1 Å². The summed E-state index contributed by atoms with van der Waals surface area (Å²) in [6.45, 7) is 7.99. The molecule has 1 aromatic heterocycles. The highest BCUT2D eigenvalue weighted by Crippen LogP contribution is 2.38. The minimum absolute atomic E-state index is 0.511. The van der Waals surface area contributed by atoms with Crippen molar-refractivity contribution in [3.8, 4) is 0 Å². The number of fused-ring (bicyclic) bond motifs is 1. The zero-order valence-electron chi connectivity index (χ0n) is 12.7. The van der Waals surface area contributed by atoms with Gasteiger partial charge in [-0.15, -0.1) is 0 Å². The topological polar surface area (TPSA) is 40.7 Å². The van der Waals surface area contributed by atoms with E-state index in [1.54, 1.807) is 0 Å². The van der Waals surface area contributed by atoms with Crippen molar-refractivity contribution in [2.45, 2.75) is 52.6 Å². The van der Waals surface area contributed by atoms with Gasteiger partial charge in [0.25, 0.3) is 0 Å². The third-order valence-corrected chi connectivity index (χ3v) is 4.66. The summed E-state index contributed by atoms with van der Waals surface area (Å²) in [6.07, 6.45) is 3.90. The highest BCUT2D eigenvalue weighted by atomic mass is 15.0. The van der Waals surface area contributed by atoms with E-state index in [2.05, 4.69) is 48.2 Å². The zero-order valence-corrected chi connectivity index (χ0v) is 12.7. The summed E-state index contributed by atoms with van der Waals surface area (Å²) < 4.78 is 0. The summed E-state index contributed by atoms with van der Waals surface area (Å²) in [5, 5.41) is 3.69. The number of aromatic amines is 1. The van der Waals surface area contributed by atoms with Crippen molar-refractivity contribution in [3.63, 3.8) is 0 Å². The van der Waals surface area contributed by atoms with Crippen LogP contribution in [0.25, 0.3) is 11.0 Å². The van der Waals surface area contributed by atoms with E-state index in [9.17, 15) is 0 Å². The van der Waals surface area contributed by atoms with Crippen LogP contribution >= 0.6 is 0 Å². The molecule has 0 bridgehead atoms. The van der Waals surface area contributed by atoms with Crippen LogP contribution < -0.4 is 5.32 Å². The minimum Gasteiger partial charge on any atom is -0.341 e. The third kappa shape index (κ3) is 2.88. The quantitative estimate of drug-likeness (QED) is 0.889. The van der Waals surface area contributed by atoms with E-state index in [1.165, 1.54) is 19.3 Å². The second-order valence-electron chi connectivity index (χ2n) is 7.07. The number of aromatic nitrogens is 2. The standard InChI is InChI=1S/C17H25N3/c1-12-10-17(2,3)9-8-13(12)18-11-16-19-14-6-4-5-7-15(14)20-16/h4-7,12-13,18H,8-11H2,1-3H3,(H,19,20). The predicted octanol–water partition coefficient (Wildman–Crippen LogP) is 3.87. The Kier molecular flexibility index (Phi) is 3.55. The molecule has 2 aromatic rings. The summed E-state index contributed by atoms with van der Waals surface area (Å²) in [6, 6.07) is 8.84. The van der Waals surface area contributed by atoms with Gasteiger partial charge in [-0.3, -0.25) is 0 Å². The summed E-state index contributed by atoms with van der Waals surface area (Å²) >= 11 is 0. The SMILES string of the molecule is CC1CC(C)(C)CCC1NCc1nc2ccccc2[nH]1. The normalized spacial score (nSPS) is 25.9. The molecule has 1 fully saturated rings. The summed E-state index contributed by atoms with van der Waals surface area (Å²) in [5.74, 6) is 1.78. The van der Waals surface area contributed by atoms with Crippen molar-refractivity contribution < 1.29 is 0 Å². The Morgan fingerprint density at radius 3 is 2.90 bits per heavy atom. The van der Waals surface area contributed by atoms with E-state index < -0.39 is 0 Å². The molecule has 0 amide bonds. The molecule has 1 saturated carbocycles. The van der Waals surface area contributed by atoms with E-state index in [4.69, 9.17) is 0 Å². The molecule has 0 aliphatic heterocycles. The lowest BCUT2D eigenvalue weighted by Gasteiger charge is -2.39. The van der Waals surface area contributed by atoms with Crippen LogP contribution in [-0.2, 0) is 6.54 Å². The highest BCUT2D eigenvalue weighted by Gasteiger charge is 2.31. The van der Waals surface area contributed by atoms with Gasteiger partial charge < -0.3 is 10.3 Å². The number of para-hydroxylation sites is 2. The monoisotopic (exact) mass is 271 g/mol. The fourth-order valence-electron chi connectivity index (χ4n) is 3.57. The van der Waals surface area contributed by atoms with Crippen molar-refractivity contribution in [1.82, 2.24) is 15.3 Å². The molecule has 108 valence electrons. The second kappa shape index (κ2) is 5.21. The Morgan fingerprint density at radius 2 is 2.15 bits per heavy atom. The van der Waals surface area contributed by atoms with Gasteiger partial charge in [-0.05, 0) is 42.7 Å². The molecule has 3 rings (SSSR count). The molecular weight excluding hydrogens is 246 g/mol. The van der Waals surface area contributed by atoms with Crippen LogP contribution in [0.3, 0.4) is 0 Å². The van der Waals surface area contributed by atoms with Gasteiger partial charge in [-0.2, -0.15) is 0 Å². The number of hydrogen-bond acceptors (Lipinski definition) is 2. The molecule has 0 saturated heterocycles. The summed E-state index contributed by atoms with van der Waals surface area (Å²) in [5.41, 5.74) is 2.70. The number of H-pyrrole nitrogens is 1. The van der Waals surface area contributed by atoms with E-state index >= 15 is 0 Å². The lowest BCUT2D eigenvalue weighted by Crippen LogP contribution is -2.41. The Balaban J connectivity index is 1.62. The van der Waals surface area contributed by atoms with Crippen LogP contribution in [0, 0.1) is 11.3 Å². The fraction of sp³-hybridized carbons (Fsp3) is 0.588. The molecule has 0 spiro atoms. The molecule has 3 nitrogen and oxygen atoms in total. The van der Waals surface area contributed by atoms with Gasteiger partial charge >= 0.3 is 0 Å². The van der Waals surface area contributed by atoms with Gasteiger partial charge in [0.05, 0.1) is 17.6 Å². The zero-order chi connectivity index (χ0) is 14.2. The first-order valence-corrected chi connectivity index (χ1v) is 7.70. The molecule has 1 aliphatic rings. The number of benzene rings is 1. The number of rotatable bonds is 3. The first-order chi connectivity index (χ1) is 9.53. The van der Waals surface area contributed by atoms with Crippen LogP contribution in [0.4, 0.5) is 0 Å². The van der Waals surface area contributed by atoms with Crippen molar-refractivity contribution in [1.29, 1.82) is 0 Å². The molecular formula is C17H25N3. The Labute approximate surface area is 121 Å². The smallest absolute Gasteiger partial charge is 0.121 e. The van der Waals surface area contributed by atoms with Gasteiger partial charge in [0.2, 0.25) is 0 Å². The largest absolute Gasteiger partial charge is 0.341 e. The van der Waals surface area contributed by atoms with Crippen molar-refractivity contribution in [2.75, 3.05) is 0 Å². The van der Waals surface area contributed by atoms with Gasteiger partial charge in [-0.1, -0.05) is 32.9 Å². The van der Waals surface area contributed by atoms with Crippen LogP contribution in [0.5, 0.6) is 0 Å². The van der Waals surface area contributed by atoms with Crippen LogP contribution in [0.2, 0.25) is 0 Å². The van der Waals surface area contributed by atoms with Gasteiger partial charge in [-0.25, -0.2) is 4.98 Å². The Morgan fingerprint density at radius 1 is 1.35 bits per heavy atom. The number of imidazole rings is 1. The van der Waals surface area contributed by atoms with E-state index in [0.717, 1.165) is 29.3 Å². The third-order valence-electron chi connectivity index (χ3n) is 4.66. The maximum absolute atomic E-state index is 4.63. The summed E-state index contributed by atoms with van der Waals surface area (Å²) in [4.78, 5) is 8.03. The lowest BCUT2D eigenvalue weighted by molar-refractivity contribution is 0.148. The molecule has 1 aromatic carbocycles. The lowest BCUT2D eigenvalue weighted by atomic mass is 9.70. The van der Waals surface area contributed by atoms with E-state index in [0.29, 0.717) is 11.5 Å². The second-order valence-corrected chi connectivity index (χ2v) is 7.07. The Bertz CT molecular complexity index is 552. The molecule has 1 aliphatic carbocycles. The van der Waals surface area contributed by atoms with E-state index in [-0.39, 0.29) is 0 Å². The fourth-order valence-corrected chi connectivity index (χ4v) is 3.57. The Hall–Kier alpha value is -1.35. The van der Waals surface area contributed by atoms with Gasteiger partial charge in [0, 0.05) is 6.04 Å². The van der Waals surface area contributed by atoms with Crippen LogP contribution in [-0.4, -0.2) is 16.0 Å². The molecule has 0 radical (unpaired) electrons. The maximum Gasteiger partial charge on any atom is 0.121 e. The van der Waals surface area contributed by atoms with Crippen LogP contribution in [0.15, 0.2) is 24.3 Å². The summed E-state index contributed by atoms with van der Waals surface area (Å²) in [7, 11) is 0. The average molecular weight is 271 g/mol. The van der Waals surface area contributed by atoms with Crippen molar-refractivity contribution >= 4 is 11.0 Å². The number of hydrogen-bond donors (Lipinski definition) is 2. The first-order valence-electron chi connectivity index (χ1n) is 7.70. The van der Waals surface area contributed by atoms with Crippen molar-refractivity contribution in [3.05, 3.63) is 30.1 Å². The predicted molar refractivity (Wildman–Crippen MR) is 83.5 cm³/mol. The molecule has 20 heavy (non-hydrogen) atoms. The maximum atomic E-state index is 4.63. The number of nitrogens with zero attached hydrogens (tertiary/aromatic N) is 1. The molecule has 2 unspecified atom stereocenters.